The average molecular weight is 262 g/mol. The van der Waals surface area contributed by atoms with Gasteiger partial charge in [-0.3, -0.25) is 9.78 Å². The second-order valence-electron chi connectivity index (χ2n) is 4.59. The Balaban J connectivity index is 1.83. The van der Waals surface area contributed by atoms with Gasteiger partial charge in [0, 0.05) is 31.2 Å². The number of anilines is 1. The molecule has 0 aromatic carbocycles. The summed E-state index contributed by atoms with van der Waals surface area (Å²) in [6.45, 7) is 3.28. The molecule has 1 aromatic rings. The standard InChI is InChI=1S/C13H18N4O2/c1-10(12(18)17-8-2-3-9-17)15-13(19)16-11-4-6-14-7-5-11/h4-7,10H,2-3,8-9H2,1H3,(H2,14,15,16,19)/t10-/m0/s1. The molecule has 3 amide bonds. The molecule has 0 aliphatic carbocycles. The predicted octanol–water partition coefficient (Wildman–Crippen LogP) is 1.21. The molecule has 1 aliphatic rings. The first kappa shape index (κ1) is 13.3. The van der Waals surface area contributed by atoms with Gasteiger partial charge in [-0.15, -0.1) is 0 Å². The van der Waals surface area contributed by atoms with Crippen LogP contribution in [0.4, 0.5) is 10.5 Å². The molecular weight excluding hydrogens is 244 g/mol. The maximum atomic E-state index is 12.0. The third kappa shape index (κ3) is 3.67. The van der Waals surface area contributed by atoms with Crippen molar-refractivity contribution < 1.29 is 9.59 Å². The maximum Gasteiger partial charge on any atom is 0.319 e. The van der Waals surface area contributed by atoms with Gasteiger partial charge in [0.2, 0.25) is 5.91 Å². The van der Waals surface area contributed by atoms with E-state index in [1.807, 2.05) is 0 Å². The van der Waals surface area contributed by atoms with Crippen LogP contribution in [-0.4, -0.2) is 41.0 Å². The van der Waals surface area contributed by atoms with Gasteiger partial charge in [0.05, 0.1) is 0 Å². The highest BCUT2D eigenvalue weighted by Gasteiger charge is 2.24. The minimum Gasteiger partial charge on any atom is -0.341 e. The van der Waals surface area contributed by atoms with Gasteiger partial charge in [-0.05, 0) is 31.9 Å². The molecule has 0 bridgehead atoms. The second-order valence-corrected chi connectivity index (χ2v) is 4.59. The van der Waals surface area contributed by atoms with Gasteiger partial charge in [-0.2, -0.15) is 0 Å². The molecule has 1 fully saturated rings. The van der Waals surface area contributed by atoms with Crippen LogP contribution < -0.4 is 10.6 Å². The van der Waals surface area contributed by atoms with E-state index in [1.165, 1.54) is 0 Å². The minimum atomic E-state index is -0.514. The summed E-state index contributed by atoms with van der Waals surface area (Å²) in [6.07, 6.45) is 5.27. The third-order valence-corrected chi connectivity index (χ3v) is 3.07. The summed E-state index contributed by atoms with van der Waals surface area (Å²) in [5.74, 6) is -0.0256. The molecule has 2 heterocycles. The van der Waals surface area contributed by atoms with E-state index in [0.717, 1.165) is 25.9 Å². The predicted molar refractivity (Wildman–Crippen MR) is 71.7 cm³/mol. The van der Waals surface area contributed by atoms with E-state index in [4.69, 9.17) is 0 Å². The number of carbonyl (C=O) groups is 2. The van der Waals surface area contributed by atoms with Gasteiger partial charge in [0.25, 0.3) is 0 Å². The highest BCUT2D eigenvalue weighted by atomic mass is 16.2. The molecule has 1 aliphatic heterocycles. The molecule has 1 atom stereocenters. The van der Waals surface area contributed by atoms with Gasteiger partial charge in [-0.25, -0.2) is 4.79 Å². The summed E-state index contributed by atoms with van der Waals surface area (Å²) in [7, 11) is 0. The molecule has 2 rings (SSSR count). The fraction of sp³-hybridized carbons (Fsp3) is 0.462. The Morgan fingerprint density at radius 2 is 1.89 bits per heavy atom. The van der Waals surface area contributed by atoms with Crippen LogP contribution in [0.5, 0.6) is 0 Å². The summed E-state index contributed by atoms with van der Waals surface area (Å²) in [6, 6.07) is 2.48. The van der Waals surface area contributed by atoms with Crippen molar-refractivity contribution in [1.82, 2.24) is 15.2 Å². The fourth-order valence-corrected chi connectivity index (χ4v) is 2.07. The summed E-state index contributed by atoms with van der Waals surface area (Å²) in [5, 5.41) is 5.30. The maximum absolute atomic E-state index is 12.0. The second kappa shape index (κ2) is 6.17. The first-order chi connectivity index (χ1) is 9.16. The SMILES string of the molecule is C[C@H](NC(=O)Nc1ccncc1)C(=O)N1CCCC1. The number of likely N-dealkylation sites (tertiary alicyclic amines) is 1. The molecule has 1 saturated heterocycles. The number of pyridine rings is 1. The van der Waals surface area contributed by atoms with Crippen LogP contribution in [0.15, 0.2) is 24.5 Å². The molecule has 0 spiro atoms. The van der Waals surface area contributed by atoms with Crippen molar-refractivity contribution in [2.24, 2.45) is 0 Å². The lowest BCUT2D eigenvalue weighted by atomic mass is 10.3. The van der Waals surface area contributed by atoms with Crippen LogP contribution in [0, 0.1) is 0 Å². The topological polar surface area (TPSA) is 74.3 Å². The highest BCUT2D eigenvalue weighted by molar-refractivity contribution is 5.93. The normalized spacial score (nSPS) is 15.9. The Labute approximate surface area is 112 Å². The lowest BCUT2D eigenvalue weighted by Gasteiger charge is -2.21. The van der Waals surface area contributed by atoms with E-state index in [-0.39, 0.29) is 11.9 Å². The summed E-state index contributed by atoms with van der Waals surface area (Å²) >= 11 is 0. The first-order valence-corrected chi connectivity index (χ1v) is 6.43. The number of hydrogen-bond donors (Lipinski definition) is 2. The number of urea groups is 1. The van der Waals surface area contributed by atoms with Crippen LogP contribution >= 0.6 is 0 Å². The summed E-state index contributed by atoms with van der Waals surface area (Å²) in [5.41, 5.74) is 0.647. The molecule has 102 valence electrons. The molecule has 0 unspecified atom stereocenters. The monoisotopic (exact) mass is 262 g/mol. The number of rotatable bonds is 3. The summed E-state index contributed by atoms with van der Waals surface area (Å²) < 4.78 is 0. The molecule has 0 radical (unpaired) electrons. The van der Waals surface area contributed by atoms with E-state index in [9.17, 15) is 9.59 Å². The van der Waals surface area contributed by atoms with Gasteiger partial charge in [-0.1, -0.05) is 0 Å². The Kier molecular flexibility index (Phi) is 4.33. The van der Waals surface area contributed by atoms with Crippen molar-refractivity contribution in [3.05, 3.63) is 24.5 Å². The average Bonchev–Trinajstić information content (AvgIpc) is 2.92. The molecule has 1 aromatic heterocycles. The van der Waals surface area contributed by atoms with E-state index < -0.39 is 6.04 Å². The molecular formula is C13H18N4O2. The molecule has 19 heavy (non-hydrogen) atoms. The fourth-order valence-electron chi connectivity index (χ4n) is 2.07. The van der Waals surface area contributed by atoms with Gasteiger partial charge in [0.1, 0.15) is 6.04 Å². The lowest BCUT2D eigenvalue weighted by molar-refractivity contribution is -0.131. The lowest BCUT2D eigenvalue weighted by Crippen LogP contribution is -2.47. The Bertz CT molecular complexity index is 443. The zero-order valence-electron chi connectivity index (χ0n) is 10.9. The van der Waals surface area contributed by atoms with Crippen LogP contribution in [0.2, 0.25) is 0 Å². The molecule has 2 N–H and O–H groups in total. The largest absolute Gasteiger partial charge is 0.341 e. The first-order valence-electron chi connectivity index (χ1n) is 6.43. The van der Waals surface area contributed by atoms with Gasteiger partial charge < -0.3 is 15.5 Å². The zero-order chi connectivity index (χ0) is 13.7. The number of aromatic nitrogens is 1. The highest BCUT2D eigenvalue weighted by Crippen LogP contribution is 2.09. The number of hydrogen-bond acceptors (Lipinski definition) is 3. The van der Waals surface area contributed by atoms with Crippen LogP contribution in [0.3, 0.4) is 0 Å². The minimum absolute atomic E-state index is 0.0256. The number of nitrogens with one attached hydrogen (secondary N) is 2. The van der Waals surface area contributed by atoms with E-state index >= 15 is 0 Å². The van der Waals surface area contributed by atoms with Crippen molar-refractivity contribution in [3.63, 3.8) is 0 Å². The molecule has 0 saturated carbocycles. The van der Waals surface area contributed by atoms with Crippen molar-refractivity contribution in [2.45, 2.75) is 25.8 Å². The smallest absolute Gasteiger partial charge is 0.319 e. The molecule has 6 heteroatoms. The molecule has 6 nitrogen and oxygen atoms in total. The van der Waals surface area contributed by atoms with E-state index in [1.54, 1.807) is 36.4 Å². The Morgan fingerprint density at radius 3 is 2.53 bits per heavy atom. The van der Waals surface area contributed by atoms with Crippen molar-refractivity contribution in [2.75, 3.05) is 18.4 Å². The van der Waals surface area contributed by atoms with Crippen molar-refractivity contribution in [1.29, 1.82) is 0 Å². The zero-order valence-corrected chi connectivity index (χ0v) is 10.9. The summed E-state index contributed by atoms with van der Waals surface area (Å²) in [4.78, 5) is 29.4. The van der Waals surface area contributed by atoms with Crippen molar-refractivity contribution in [3.8, 4) is 0 Å². The number of carbonyl (C=O) groups excluding carboxylic acids is 2. The van der Waals surface area contributed by atoms with E-state index in [2.05, 4.69) is 15.6 Å². The van der Waals surface area contributed by atoms with Crippen LogP contribution in [0.25, 0.3) is 0 Å². The quantitative estimate of drug-likeness (QED) is 0.860. The van der Waals surface area contributed by atoms with Gasteiger partial charge in [0.15, 0.2) is 0 Å². The Hall–Kier alpha value is -2.11. The van der Waals surface area contributed by atoms with Crippen LogP contribution in [0.1, 0.15) is 19.8 Å². The number of nitrogens with zero attached hydrogens (tertiary/aromatic N) is 2. The van der Waals surface area contributed by atoms with Crippen LogP contribution in [-0.2, 0) is 4.79 Å². The van der Waals surface area contributed by atoms with Crippen molar-refractivity contribution >= 4 is 17.6 Å². The number of amides is 3. The van der Waals surface area contributed by atoms with E-state index in [0.29, 0.717) is 5.69 Å². The Morgan fingerprint density at radius 1 is 1.26 bits per heavy atom. The van der Waals surface area contributed by atoms with Gasteiger partial charge >= 0.3 is 6.03 Å². The third-order valence-electron chi connectivity index (χ3n) is 3.07.